The van der Waals surface area contributed by atoms with Gasteiger partial charge in [0.05, 0.1) is 4.11 Å². The van der Waals surface area contributed by atoms with Crippen molar-refractivity contribution in [1.29, 1.82) is 0 Å². The highest BCUT2D eigenvalue weighted by Gasteiger charge is 1.94. The summed E-state index contributed by atoms with van der Waals surface area (Å²) in [5, 5.41) is 0. The molecule has 0 saturated heterocycles. The minimum atomic E-state index is 0.296. The predicted octanol–water partition coefficient (Wildman–Crippen LogP) is 4.12. The zero-order chi connectivity index (χ0) is 11.7. The van der Waals surface area contributed by atoms with Gasteiger partial charge in [0.1, 0.15) is 0 Å². The summed E-state index contributed by atoms with van der Waals surface area (Å²) < 4.78 is 23.8. The summed E-state index contributed by atoms with van der Waals surface area (Å²) in [6.07, 6.45) is 0. The van der Waals surface area contributed by atoms with Crippen LogP contribution < -0.4 is 0 Å². The van der Waals surface area contributed by atoms with Crippen molar-refractivity contribution in [3.05, 3.63) is 59.0 Å². The fourth-order valence-electron chi connectivity index (χ4n) is 1.09. The maximum Gasteiger partial charge on any atom is 0.0630 e. The molecule has 0 fully saturated rings. The Hall–Kier alpha value is -1.08. The quantitative estimate of drug-likeness (QED) is 0.698. The molecule has 0 atom stereocenters. The number of hydrogen-bond acceptors (Lipinski definition) is 0. The minimum absolute atomic E-state index is 0.296. The van der Waals surface area contributed by atoms with Gasteiger partial charge in [0.15, 0.2) is 0 Å². The molecule has 0 heterocycles. The van der Waals surface area contributed by atoms with Gasteiger partial charge in [-0.25, -0.2) is 0 Å². The highest BCUT2D eigenvalue weighted by molar-refractivity contribution is 9.10. The maximum absolute atomic E-state index is 7.84. The molecular formula is C12H9Br. The van der Waals surface area contributed by atoms with Crippen molar-refractivity contribution in [2.75, 3.05) is 0 Å². The SMILES string of the molecule is [2H]c1cc([2H])cc(-c2ccc(Br)cc2[2H])c1. The lowest BCUT2D eigenvalue weighted by Crippen LogP contribution is -1.75. The van der Waals surface area contributed by atoms with E-state index in [4.69, 9.17) is 4.11 Å². The van der Waals surface area contributed by atoms with Crippen LogP contribution in [-0.4, -0.2) is 0 Å². The van der Waals surface area contributed by atoms with Crippen LogP contribution >= 0.6 is 15.9 Å². The molecule has 2 aromatic rings. The Morgan fingerprint density at radius 1 is 0.923 bits per heavy atom. The number of hydrogen-bond donors (Lipinski definition) is 0. The number of halogens is 1. The molecule has 0 aliphatic rings. The smallest absolute Gasteiger partial charge is 0.0622 e. The van der Waals surface area contributed by atoms with E-state index in [1.807, 2.05) is 12.1 Å². The highest BCUT2D eigenvalue weighted by atomic mass is 79.9. The number of benzene rings is 2. The summed E-state index contributed by atoms with van der Waals surface area (Å²) in [6.45, 7) is 0. The van der Waals surface area contributed by atoms with E-state index in [0.29, 0.717) is 18.1 Å². The third-order valence-corrected chi connectivity index (χ3v) is 2.22. The first-order chi connectivity index (χ1) is 7.56. The molecule has 0 N–H and O–H groups in total. The molecule has 2 aromatic carbocycles. The molecule has 2 rings (SSSR count). The van der Waals surface area contributed by atoms with E-state index < -0.39 is 0 Å². The van der Waals surface area contributed by atoms with Crippen molar-refractivity contribution in [3.63, 3.8) is 0 Å². The zero-order valence-corrected chi connectivity index (χ0v) is 8.43. The lowest BCUT2D eigenvalue weighted by Gasteiger charge is -2.00. The van der Waals surface area contributed by atoms with Crippen LogP contribution in [0.25, 0.3) is 11.1 Å². The van der Waals surface area contributed by atoms with Crippen molar-refractivity contribution >= 4 is 15.9 Å². The molecule has 0 radical (unpaired) electrons. The third-order valence-electron chi connectivity index (χ3n) is 1.73. The Labute approximate surface area is 90.6 Å². The van der Waals surface area contributed by atoms with Gasteiger partial charge in [0.25, 0.3) is 0 Å². The van der Waals surface area contributed by atoms with Crippen LogP contribution in [0.4, 0.5) is 0 Å². The second-order valence-corrected chi connectivity index (χ2v) is 3.56. The normalized spacial score (nSPS) is 13.2. The summed E-state index contributed by atoms with van der Waals surface area (Å²) >= 11 is 3.30. The first-order valence-corrected chi connectivity index (χ1v) is 4.70. The molecule has 0 unspecified atom stereocenters. The highest BCUT2D eigenvalue weighted by Crippen LogP contribution is 2.20. The first-order valence-electron chi connectivity index (χ1n) is 5.41. The monoisotopic (exact) mass is 235 g/mol. The third kappa shape index (κ3) is 1.99. The zero-order valence-electron chi connectivity index (χ0n) is 9.84. The molecular weight excluding hydrogens is 224 g/mol. The van der Waals surface area contributed by atoms with E-state index in [-0.39, 0.29) is 0 Å². The Morgan fingerprint density at radius 2 is 1.69 bits per heavy atom. The van der Waals surface area contributed by atoms with Crippen LogP contribution in [0.3, 0.4) is 0 Å². The number of rotatable bonds is 1. The standard InChI is InChI=1S/C12H9Br/c13-12-8-6-11(7-9-12)10-4-2-1-3-5-10/h1-9H/i2D,3D,6D. The molecule has 0 saturated carbocycles. The fraction of sp³-hybridized carbons (Fsp3) is 0. The fourth-order valence-corrected chi connectivity index (χ4v) is 1.34. The molecule has 0 spiro atoms. The van der Waals surface area contributed by atoms with Gasteiger partial charge >= 0.3 is 0 Å². The molecule has 0 amide bonds. The molecule has 13 heavy (non-hydrogen) atoms. The molecule has 0 aliphatic heterocycles. The van der Waals surface area contributed by atoms with Crippen LogP contribution in [0.2, 0.25) is 0 Å². The van der Waals surface area contributed by atoms with Gasteiger partial charge in [-0.3, -0.25) is 0 Å². The van der Waals surface area contributed by atoms with Gasteiger partial charge < -0.3 is 0 Å². The van der Waals surface area contributed by atoms with Crippen LogP contribution in [0.5, 0.6) is 0 Å². The van der Waals surface area contributed by atoms with Gasteiger partial charge in [-0.15, -0.1) is 0 Å². The van der Waals surface area contributed by atoms with Gasteiger partial charge in [-0.2, -0.15) is 0 Å². The lowest BCUT2D eigenvalue weighted by molar-refractivity contribution is 1.59. The Kier molecular flexibility index (Phi) is 1.62. The summed E-state index contributed by atoms with van der Waals surface area (Å²) in [4.78, 5) is 0. The molecule has 0 nitrogen and oxygen atoms in total. The van der Waals surface area contributed by atoms with Gasteiger partial charge in [-0.05, 0) is 23.3 Å². The maximum atomic E-state index is 7.84. The van der Waals surface area contributed by atoms with Crippen LogP contribution in [-0.2, 0) is 0 Å². The molecule has 0 bridgehead atoms. The van der Waals surface area contributed by atoms with Crippen molar-refractivity contribution in [3.8, 4) is 11.1 Å². The lowest BCUT2D eigenvalue weighted by atomic mass is 10.1. The largest absolute Gasteiger partial charge is 0.0630 e. The van der Waals surface area contributed by atoms with E-state index in [2.05, 4.69) is 15.9 Å². The van der Waals surface area contributed by atoms with Gasteiger partial charge in [0, 0.05) is 4.47 Å². The summed E-state index contributed by atoms with van der Waals surface area (Å²) in [5.74, 6) is 0. The van der Waals surface area contributed by atoms with E-state index in [1.54, 1.807) is 18.2 Å². The Balaban J connectivity index is 2.58. The van der Waals surface area contributed by atoms with Crippen molar-refractivity contribution in [2.24, 2.45) is 0 Å². The van der Waals surface area contributed by atoms with Crippen molar-refractivity contribution < 1.29 is 4.11 Å². The predicted molar refractivity (Wildman–Crippen MR) is 59.6 cm³/mol. The molecule has 1 heteroatoms. The van der Waals surface area contributed by atoms with Gasteiger partial charge in [0.2, 0.25) is 0 Å². The Bertz CT molecular complexity index is 518. The minimum Gasteiger partial charge on any atom is -0.0622 e. The summed E-state index contributed by atoms with van der Waals surface area (Å²) in [6, 6.07) is 11.2. The van der Waals surface area contributed by atoms with Gasteiger partial charge in [-0.1, -0.05) is 58.3 Å². The van der Waals surface area contributed by atoms with E-state index >= 15 is 0 Å². The molecule has 64 valence electrons. The average molecular weight is 236 g/mol. The van der Waals surface area contributed by atoms with Crippen molar-refractivity contribution in [2.45, 2.75) is 0 Å². The van der Waals surface area contributed by atoms with Crippen molar-refractivity contribution in [1.82, 2.24) is 0 Å². The summed E-state index contributed by atoms with van der Waals surface area (Å²) in [5.41, 5.74) is 1.49. The molecule has 0 aliphatic carbocycles. The first kappa shape index (κ1) is 5.61. The Morgan fingerprint density at radius 3 is 2.38 bits per heavy atom. The van der Waals surface area contributed by atoms with E-state index in [9.17, 15) is 0 Å². The topological polar surface area (TPSA) is 0 Å². The summed E-state index contributed by atoms with van der Waals surface area (Å²) in [7, 11) is 0. The van der Waals surface area contributed by atoms with E-state index in [1.165, 1.54) is 6.07 Å². The van der Waals surface area contributed by atoms with Crippen LogP contribution in [0, 0.1) is 0 Å². The molecule has 0 aromatic heterocycles. The van der Waals surface area contributed by atoms with Crippen LogP contribution in [0.1, 0.15) is 4.11 Å². The second-order valence-electron chi connectivity index (χ2n) is 2.64. The van der Waals surface area contributed by atoms with Crippen LogP contribution in [0.15, 0.2) is 59.0 Å². The van der Waals surface area contributed by atoms with E-state index in [0.717, 1.165) is 15.6 Å². The average Bonchev–Trinajstić information content (AvgIpc) is 2.15. The second kappa shape index (κ2) is 3.75.